The number of para-hydroxylation sites is 2. The summed E-state index contributed by atoms with van der Waals surface area (Å²) in [5.74, 6) is 1.66. The first kappa shape index (κ1) is 20.4. The molecule has 1 aliphatic heterocycles. The SMILES string of the molecule is C=C(C1CC1)N1CCN(C(=O)C2CCC(Cn3c(=O)n(C)c4ccccc43)CC2)CC1. The van der Waals surface area contributed by atoms with Gasteiger partial charge in [0, 0.05) is 51.4 Å². The smallest absolute Gasteiger partial charge is 0.328 e. The van der Waals surface area contributed by atoms with Gasteiger partial charge in [0.15, 0.2) is 0 Å². The van der Waals surface area contributed by atoms with Gasteiger partial charge in [-0.2, -0.15) is 0 Å². The second kappa shape index (κ2) is 8.21. The van der Waals surface area contributed by atoms with Crippen molar-refractivity contribution >= 4 is 16.9 Å². The number of allylic oxidation sites excluding steroid dienone is 1. The standard InChI is InChI=1S/C25H34N4O2/c1-18(20-11-12-20)27-13-15-28(16-14-27)24(30)21-9-7-19(8-10-21)17-29-23-6-4-3-5-22(23)26(2)25(29)31/h3-6,19-21H,1,7-17H2,2H3. The Morgan fingerprint density at radius 1 is 0.903 bits per heavy atom. The highest BCUT2D eigenvalue weighted by molar-refractivity contribution is 5.79. The van der Waals surface area contributed by atoms with E-state index in [1.165, 1.54) is 18.5 Å². The highest BCUT2D eigenvalue weighted by atomic mass is 16.2. The van der Waals surface area contributed by atoms with Crippen LogP contribution >= 0.6 is 0 Å². The number of fused-ring (bicyclic) bond motifs is 1. The van der Waals surface area contributed by atoms with Crippen molar-refractivity contribution in [2.45, 2.75) is 45.1 Å². The van der Waals surface area contributed by atoms with E-state index in [0.717, 1.165) is 69.4 Å². The van der Waals surface area contributed by atoms with E-state index in [1.807, 2.05) is 35.9 Å². The number of hydrogen-bond acceptors (Lipinski definition) is 3. The highest BCUT2D eigenvalue weighted by Gasteiger charge is 2.34. The molecule has 0 atom stereocenters. The van der Waals surface area contributed by atoms with Crippen molar-refractivity contribution in [1.29, 1.82) is 0 Å². The number of nitrogens with zero attached hydrogens (tertiary/aromatic N) is 4. The van der Waals surface area contributed by atoms with E-state index >= 15 is 0 Å². The van der Waals surface area contributed by atoms with Gasteiger partial charge in [-0.1, -0.05) is 18.7 Å². The number of carbonyl (C=O) groups excluding carboxylic acids is 1. The van der Waals surface area contributed by atoms with Crippen LogP contribution in [0.5, 0.6) is 0 Å². The summed E-state index contributed by atoms with van der Waals surface area (Å²) >= 11 is 0. The molecule has 1 amide bonds. The second-order valence-corrected chi connectivity index (χ2v) is 9.74. The molecular formula is C25H34N4O2. The molecule has 2 heterocycles. The summed E-state index contributed by atoms with van der Waals surface area (Å²) in [4.78, 5) is 30.3. The summed E-state index contributed by atoms with van der Waals surface area (Å²) in [5, 5.41) is 0. The number of rotatable bonds is 5. The number of carbonyl (C=O) groups is 1. The van der Waals surface area contributed by atoms with Crippen LogP contribution < -0.4 is 5.69 Å². The Bertz CT molecular complexity index is 1030. The van der Waals surface area contributed by atoms with E-state index in [-0.39, 0.29) is 11.6 Å². The first-order valence-corrected chi connectivity index (χ1v) is 11.9. The molecule has 2 aromatic rings. The van der Waals surface area contributed by atoms with Gasteiger partial charge in [-0.15, -0.1) is 0 Å². The number of hydrogen-bond donors (Lipinski definition) is 0. The van der Waals surface area contributed by atoms with Crippen LogP contribution in [0.4, 0.5) is 0 Å². The van der Waals surface area contributed by atoms with Gasteiger partial charge in [-0.05, 0) is 62.5 Å². The van der Waals surface area contributed by atoms with Crippen LogP contribution in [-0.4, -0.2) is 51.0 Å². The van der Waals surface area contributed by atoms with Crippen molar-refractivity contribution in [3.8, 4) is 0 Å². The first-order chi connectivity index (χ1) is 15.0. The predicted octanol–water partition coefficient (Wildman–Crippen LogP) is 3.21. The molecule has 1 saturated heterocycles. The Morgan fingerprint density at radius 2 is 1.48 bits per heavy atom. The second-order valence-electron chi connectivity index (χ2n) is 9.74. The van der Waals surface area contributed by atoms with Gasteiger partial charge in [0.25, 0.3) is 0 Å². The number of aryl methyl sites for hydroxylation is 1. The average molecular weight is 423 g/mol. The zero-order chi connectivity index (χ0) is 21.5. The summed E-state index contributed by atoms with van der Waals surface area (Å²) in [5.41, 5.74) is 3.35. The highest BCUT2D eigenvalue weighted by Crippen LogP contribution is 2.37. The maximum atomic E-state index is 13.1. The lowest BCUT2D eigenvalue weighted by atomic mass is 9.81. The van der Waals surface area contributed by atoms with Crippen molar-refractivity contribution in [2.75, 3.05) is 26.2 Å². The van der Waals surface area contributed by atoms with Crippen molar-refractivity contribution in [3.63, 3.8) is 0 Å². The maximum absolute atomic E-state index is 13.1. The van der Waals surface area contributed by atoms with Crippen molar-refractivity contribution in [2.24, 2.45) is 24.8 Å². The Hall–Kier alpha value is -2.50. The summed E-state index contributed by atoms with van der Waals surface area (Å²) in [7, 11) is 1.84. The topological polar surface area (TPSA) is 50.5 Å². The largest absolute Gasteiger partial charge is 0.372 e. The lowest BCUT2D eigenvalue weighted by Crippen LogP contribution is -2.50. The third-order valence-corrected chi connectivity index (χ3v) is 7.73. The minimum Gasteiger partial charge on any atom is -0.372 e. The summed E-state index contributed by atoms with van der Waals surface area (Å²) < 4.78 is 3.66. The van der Waals surface area contributed by atoms with Gasteiger partial charge in [-0.25, -0.2) is 4.79 Å². The zero-order valence-corrected chi connectivity index (χ0v) is 18.6. The van der Waals surface area contributed by atoms with Crippen LogP contribution in [0.1, 0.15) is 38.5 Å². The van der Waals surface area contributed by atoms with Crippen LogP contribution in [-0.2, 0) is 18.4 Å². The van der Waals surface area contributed by atoms with Gasteiger partial charge in [-0.3, -0.25) is 13.9 Å². The molecule has 0 bridgehead atoms. The molecule has 0 radical (unpaired) electrons. The fourth-order valence-corrected chi connectivity index (χ4v) is 5.54. The Morgan fingerprint density at radius 3 is 2.13 bits per heavy atom. The normalized spacial score (nSPS) is 24.5. The number of amides is 1. The fraction of sp³-hybridized carbons (Fsp3) is 0.600. The van der Waals surface area contributed by atoms with E-state index in [1.54, 1.807) is 4.57 Å². The Kier molecular flexibility index (Phi) is 5.40. The van der Waals surface area contributed by atoms with E-state index < -0.39 is 0 Å². The van der Waals surface area contributed by atoms with Crippen molar-refractivity contribution in [3.05, 3.63) is 47.0 Å². The summed E-state index contributed by atoms with van der Waals surface area (Å²) in [6.45, 7) is 8.54. The molecule has 0 spiro atoms. The minimum atomic E-state index is 0.0602. The third-order valence-electron chi connectivity index (χ3n) is 7.73. The fourth-order valence-electron chi connectivity index (χ4n) is 5.54. The molecule has 2 saturated carbocycles. The molecule has 6 heteroatoms. The maximum Gasteiger partial charge on any atom is 0.328 e. The summed E-state index contributed by atoms with van der Waals surface area (Å²) in [6, 6.07) is 8.00. The predicted molar refractivity (Wildman–Crippen MR) is 123 cm³/mol. The summed E-state index contributed by atoms with van der Waals surface area (Å²) in [6.07, 6.45) is 6.49. The molecule has 2 aliphatic carbocycles. The van der Waals surface area contributed by atoms with Gasteiger partial charge in [0.2, 0.25) is 5.91 Å². The molecule has 3 aliphatic rings. The van der Waals surface area contributed by atoms with Crippen LogP contribution in [0.15, 0.2) is 41.3 Å². The van der Waals surface area contributed by atoms with Crippen LogP contribution in [0.25, 0.3) is 11.0 Å². The molecule has 31 heavy (non-hydrogen) atoms. The van der Waals surface area contributed by atoms with E-state index in [4.69, 9.17) is 0 Å². The van der Waals surface area contributed by atoms with Crippen LogP contribution in [0.3, 0.4) is 0 Å². The molecule has 1 aromatic heterocycles. The zero-order valence-electron chi connectivity index (χ0n) is 18.6. The van der Waals surface area contributed by atoms with Gasteiger partial charge in [0.05, 0.1) is 11.0 Å². The van der Waals surface area contributed by atoms with E-state index in [9.17, 15) is 9.59 Å². The lowest BCUT2D eigenvalue weighted by Gasteiger charge is -2.39. The minimum absolute atomic E-state index is 0.0602. The monoisotopic (exact) mass is 422 g/mol. The quantitative estimate of drug-likeness (QED) is 0.744. The van der Waals surface area contributed by atoms with Crippen molar-refractivity contribution < 1.29 is 4.79 Å². The molecule has 1 aromatic carbocycles. The van der Waals surface area contributed by atoms with Gasteiger partial charge >= 0.3 is 5.69 Å². The molecule has 0 unspecified atom stereocenters. The molecule has 6 nitrogen and oxygen atoms in total. The van der Waals surface area contributed by atoms with Gasteiger partial charge < -0.3 is 9.80 Å². The number of benzene rings is 1. The van der Waals surface area contributed by atoms with Crippen LogP contribution in [0.2, 0.25) is 0 Å². The third kappa shape index (κ3) is 3.92. The number of imidazole rings is 1. The number of piperazine rings is 1. The Balaban J connectivity index is 1.15. The molecule has 3 fully saturated rings. The lowest BCUT2D eigenvalue weighted by molar-refractivity contribution is -0.138. The van der Waals surface area contributed by atoms with Crippen LogP contribution in [0, 0.1) is 17.8 Å². The average Bonchev–Trinajstić information content (AvgIpc) is 3.64. The van der Waals surface area contributed by atoms with Gasteiger partial charge in [0.1, 0.15) is 0 Å². The van der Waals surface area contributed by atoms with E-state index in [0.29, 0.717) is 17.7 Å². The molecule has 0 N–H and O–H groups in total. The van der Waals surface area contributed by atoms with Crippen molar-refractivity contribution in [1.82, 2.24) is 18.9 Å². The Labute approximate surface area is 184 Å². The molecule has 5 rings (SSSR count). The molecule has 166 valence electrons. The van der Waals surface area contributed by atoms with E-state index in [2.05, 4.69) is 16.4 Å². The number of aromatic nitrogens is 2. The molecular weight excluding hydrogens is 388 g/mol. The first-order valence-electron chi connectivity index (χ1n) is 11.9.